The van der Waals surface area contributed by atoms with Crippen molar-refractivity contribution in [3.05, 3.63) is 64.2 Å². The number of hydrogen-bond acceptors (Lipinski definition) is 3. The Morgan fingerprint density at radius 3 is 2.29 bits per heavy atom. The molecule has 0 saturated heterocycles. The zero-order chi connectivity index (χ0) is 16.8. The van der Waals surface area contributed by atoms with Gasteiger partial charge in [0, 0.05) is 17.6 Å². The minimum atomic E-state index is -0.572. The van der Waals surface area contributed by atoms with Gasteiger partial charge in [-0.15, -0.1) is 12.4 Å². The van der Waals surface area contributed by atoms with Crippen molar-refractivity contribution in [3.8, 4) is 5.75 Å². The highest BCUT2D eigenvalue weighted by molar-refractivity contribution is 6.32. The first kappa shape index (κ1) is 20.8. The number of benzene rings is 2. The highest BCUT2D eigenvalue weighted by Crippen LogP contribution is 2.25. The molecule has 0 radical (unpaired) electrons. The number of aliphatic hydroxyl groups excluding tert-OH is 1. The molecule has 2 aromatic rings. The van der Waals surface area contributed by atoms with Crippen molar-refractivity contribution in [3.63, 3.8) is 0 Å². The van der Waals surface area contributed by atoms with Gasteiger partial charge in [-0.2, -0.15) is 0 Å². The number of nitrogens with one attached hydrogen (secondary N) is 1. The molecule has 2 aromatic carbocycles. The lowest BCUT2D eigenvalue weighted by Gasteiger charge is -2.18. The number of hydrogen-bond donors (Lipinski definition) is 2. The summed E-state index contributed by atoms with van der Waals surface area (Å²) in [7, 11) is 0. The van der Waals surface area contributed by atoms with Crippen molar-refractivity contribution >= 4 is 24.0 Å². The first-order valence-corrected chi connectivity index (χ1v) is 8.21. The minimum Gasteiger partial charge on any atom is -0.491 e. The van der Waals surface area contributed by atoms with Crippen LogP contribution in [0.3, 0.4) is 0 Å². The quantitative estimate of drug-likeness (QED) is 0.756. The van der Waals surface area contributed by atoms with Gasteiger partial charge in [0.2, 0.25) is 0 Å². The molecule has 0 aromatic heterocycles. The average molecular weight is 370 g/mol. The maximum Gasteiger partial charge on any atom is 0.120 e. The van der Waals surface area contributed by atoms with Crippen molar-refractivity contribution in [2.75, 3.05) is 13.2 Å². The Kier molecular flexibility index (Phi) is 8.57. The fourth-order valence-corrected chi connectivity index (χ4v) is 2.52. The van der Waals surface area contributed by atoms with Gasteiger partial charge in [0.1, 0.15) is 18.5 Å². The number of aliphatic hydroxyl groups is 1. The van der Waals surface area contributed by atoms with Gasteiger partial charge in [-0.1, -0.05) is 41.9 Å². The van der Waals surface area contributed by atoms with Crippen molar-refractivity contribution in [2.24, 2.45) is 0 Å². The molecule has 0 fully saturated rings. The highest BCUT2D eigenvalue weighted by atomic mass is 35.5. The molecule has 24 heavy (non-hydrogen) atoms. The Morgan fingerprint density at radius 1 is 1.12 bits per heavy atom. The van der Waals surface area contributed by atoms with Crippen LogP contribution in [0.15, 0.2) is 42.5 Å². The molecule has 132 valence electrons. The Morgan fingerprint density at radius 2 is 1.71 bits per heavy atom. The van der Waals surface area contributed by atoms with E-state index in [1.54, 1.807) is 0 Å². The van der Waals surface area contributed by atoms with Crippen molar-refractivity contribution in [1.29, 1.82) is 0 Å². The maximum absolute atomic E-state index is 10.1. The fraction of sp³-hybridized carbons (Fsp3) is 0.368. The summed E-state index contributed by atoms with van der Waals surface area (Å²) in [6.45, 7) is 6.69. The maximum atomic E-state index is 10.1. The topological polar surface area (TPSA) is 41.5 Å². The Labute approximate surface area is 155 Å². The van der Waals surface area contributed by atoms with Crippen LogP contribution in [0, 0.1) is 13.8 Å². The SMILES string of the molecule is Cc1cc(OCC(O)CNC(C)c2ccccc2)cc(C)c1Cl.Cl. The van der Waals surface area contributed by atoms with Crippen LogP contribution in [-0.2, 0) is 0 Å². The van der Waals surface area contributed by atoms with E-state index in [1.165, 1.54) is 5.56 Å². The first-order valence-electron chi connectivity index (χ1n) is 7.83. The molecule has 2 unspecified atom stereocenters. The Balaban J connectivity index is 0.00000288. The fourth-order valence-electron chi connectivity index (χ4n) is 2.41. The molecule has 0 aliphatic rings. The third-order valence-corrected chi connectivity index (χ3v) is 4.41. The van der Waals surface area contributed by atoms with Gasteiger partial charge >= 0.3 is 0 Å². The molecule has 3 nitrogen and oxygen atoms in total. The molecule has 0 bridgehead atoms. The Bertz CT molecular complexity index is 612. The lowest BCUT2D eigenvalue weighted by molar-refractivity contribution is 0.104. The summed E-state index contributed by atoms with van der Waals surface area (Å²) in [6, 6.07) is 14.1. The predicted octanol–water partition coefficient (Wildman–Crippen LogP) is 4.47. The number of halogens is 2. The van der Waals surface area contributed by atoms with Crippen molar-refractivity contribution in [1.82, 2.24) is 5.32 Å². The van der Waals surface area contributed by atoms with Crippen LogP contribution in [0.2, 0.25) is 5.02 Å². The second-order valence-corrected chi connectivity index (χ2v) is 6.25. The molecule has 0 aliphatic heterocycles. The lowest BCUT2D eigenvalue weighted by Crippen LogP contribution is -2.33. The summed E-state index contributed by atoms with van der Waals surface area (Å²) in [5.74, 6) is 0.736. The molecule has 0 spiro atoms. The van der Waals surface area contributed by atoms with Crippen LogP contribution < -0.4 is 10.1 Å². The van der Waals surface area contributed by atoms with Crippen LogP contribution in [-0.4, -0.2) is 24.4 Å². The van der Waals surface area contributed by atoms with Crippen molar-refractivity contribution < 1.29 is 9.84 Å². The summed E-state index contributed by atoms with van der Waals surface area (Å²) < 4.78 is 5.67. The zero-order valence-electron chi connectivity index (χ0n) is 14.3. The summed E-state index contributed by atoms with van der Waals surface area (Å²) in [6.07, 6.45) is -0.572. The molecular formula is C19H25Cl2NO2. The normalized spacial score (nSPS) is 13.0. The van der Waals surface area contributed by atoms with Gasteiger partial charge < -0.3 is 15.2 Å². The third kappa shape index (κ3) is 5.99. The van der Waals surface area contributed by atoms with E-state index in [0.29, 0.717) is 6.54 Å². The van der Waals surface area contributed by atoms with Gasteiger partial charge in [0.15, 0.2) is 0 Å². The van der Waals surface area contributed by atoms with Gasteiger partial charge in [0.05, 0.1) is 0 Å². The minimum absolute atomic E-state index is 0. The number of ether oxygens (including phenoxy) is 1. The molecule has 5 heteroatoms. The van der Waals surface area contributed by atoms with Crippen LogP contribution in [0.1, 0.15) is 29.7 Å². The Hall–Kier alpha value is -1.26. The second kappa shape index (κ2) is 9.90. The second-order valence-electron chi connectivity index (χ2n) is 5.88. The predicted molar refractivity (Wildman–Crippen MR) is 103 cm³/mol. The molecule has 0 amide bonds. The van der Waals surface area contributed by atoms with E-state index in [2.05, 4.69) is 24.4 Å². The standard InChI is InChI=1S/C19H24ClNO2.ClH/c1-13-9-18(10-14(2)19(13)20)23-12-17(22)11-21-15(3)16-7-5-4-6-8-16;/h4-10,15,17,21-22H,11-12H2,1-3H3;1H. The van der Waals surface area contributed by atoms with Crippen molar-refractivity contribution in [2.45, 2.75) is 32.9 Å². The van der Waals surface area contributed by atoms with Gasteiger partial charge in [0.25, 0.3) is 0 Å². The molecule has 0 aliphatic carbocycles. The van der Waals surface area contributed by atoms with E-state index in [9.17, 15) is 5.11 Å². The van der Waals surface area contributed by atoms with E-state index in [1.807, 2.05) is 44.2 Å². The highest BCUT2D eigenvalue weighted by Gasteiger charge is 2.10. The molecular weight excluding hydrogens is 345 g/mol. The smallest absolute Gasteiger partial charge is 0.120 e. The molecule has 2 N–H and O–H groups in total. The molecule has 2 atom stereocenters. The molecule has 2 rings (SSSR count). The summed E-state index contributed by atoms with van der Waals surface area (Å²) in [5.41, 5.74) is 3.16. The third-order valence-electron chi connectivity index (χ3n) is 3.81. The van der Waals surface area contributed by atoms with Crippen LogP contribution >= 0.6 is 24.0 Å². The van der Waals surface area contributed by atoms with Gasteiger partial charge in [-0.05, 0) is 49.6 Å². The van der Waals surface area contributed by atoms with Gasteiger partial charge in [-0.3, -0.25) is 0 Å². The number of rotatable bonds is 7. The monoisotopic (exact) mass is 369 g/mol. The van der Waals surface area contributed by atoms with Crippen LogP contribution in [0.25, 0.3) is 0 Å². The van der Waals surface area contributed by atoms with Crippen LogP contribution in [0.5, 0.6) is 5.75 Å². The summed E-state index contributed by atoms with van der Waals surface area (Å²) in [4.78, 5) is 0. The largest absolute Gasteiger partial charge is 0.491 e. The van der Waals surface area contributed by atoms with E-state index >= 15 is 0 Å². The van der Waals surface area contributed by atoms with E-state index in [-0.39, 0.29) is 25.1 Å². The number of aryl methyl sites for hydroxylation is 2. The summed E-state index contributed by atoms with van der Waals surface area (Å²) in [5, 5.41) is 14.2. The summed E-state index contributed by atoms with van der Waals surface area (Å²) >= 11 is 6.14. The lowest BCUT2D eigenvalue weighted by atomic mass is 10.1. The molecule has 0 saturated carbocycles. The van der Waals surface area contributed by atoms with E-state index in [4.69, 9.17) is 16.3 Å². The van der Waals surface area contributed by atoms with Crippen LogP contribution in [0.4, 0.5) is 0 Å². The van der Waals surface area contributed by atoms with E-state index in [0.717, 1.165) is 21.9 Å². The molecule has 0 heterocycles. The first-order chi connectivity index (χ1) is 11.0. The zero-order valence-corrected chi connectivity index (χ0v) is 15.8. The average Bonchev–Trinajstić information content (AvgIpc) is 2.56. The van der Waals surface area contributed by atoms with Gasteiger partial charge in [-0.25, -0.2) is 0 Å². The van der Waals surface area contributed by atoms with E-state index < -0.39 is 6.10 Å².